The van der Waals surface area contributed by atoms with E-state index >= 15 is 0 Å². The highest BCUT2D eigenvalue weighted by Gasteiger charge is 2.38. The van der Waals surface area contributed by atoms with Gasteiger partial charge in [0, 0.05) is 10.9 Å². The lowest BCUT2D eigenvalue weighted by Gasteiger charge is -2.08. The highest BCUT2D eigenvalue weighted by Crippen LogP contribution is 2.36. The Balaban J connectivity index is 1.74. The number of thiophene rings is 1. The van der Waals surface area contributed by atoms with Gasteiger partial charge in [0.15, 0.2) is 0 Å². The summed E-state index contributed by atoms with van der Waals surface area (Å²) in [7, 11) is 0. The van der Waals surface area contributed by atoms with Crippen molar-refractivity contribution in [2.24, 2.45) is 0 Å². The molecule has 0 aliphatic carbocycles. The Morgan fingerprint density at radius 3 is 2.77 bits per heavy atom. The van der Waals surface area contributed by atoms with Gasteiger partial charge in [0.1, 0.15) is 16.3 Å². The number of hydrogen-bond acceptors (Lipinski definition) is 9. The number of alkyl halides is 3. The molecule has 0 aliphatic rings. The van der Waals surface area contributed by atoms with Crippen molar-refractivity contribution < 1.29 is 31.9 Å². The van der Waals surface area contributed by atoms with E-state index in [2.05, 4.69) is 15.5 Å². The number of carbonyl (C=O) groups is 2. The number of amides is 1. The summed E-state index contributed by atoms with van der Waals surface area (Å²) in [5, 5.41) is 10.4. The highest BCUT2D eigenvalue weighted by atomic mass is 32.2. The number of rotatable bonds is 7. The number of nitrogens with zero attached hydrogens (tertiary/aromatic N) is 3. The quantitative estimate of drug-likeness (QED) is 0.312. The van der Waals surface area contributed by atoms with Crippen LogP contribution >= 0.6 is 23.1 Å². The maximum atomic E-state index is 12.7. The van der Waals surface area contributed by atoms with E-state index in [1.807, 2.05) is 0 Å². The molecule has 0 bridgehead atoms. The van der Waals surface area contributed by atoms with Crippen LogP contribution in [0.25, 0.3) is 11.3 Å². The SMILES string of the molecule is CCOC(=O)c1c(-c2ccco2)csc1NC(=O)CSc1nnc(C(F)(F)F)n1N. The zero-order valence-corrected chi connectivity index (χ0v) is 16.9. The fourth-order valence-electron chi connectivity index (χ4n) is 2.33. The number of esters is 1. The molecule has 0 saturated heterocycles. The van der Waals surface area contributed by atoms with Crippen molar-refractivity contribution >= 4 is 40.0 Å². The first-order valence-electron chi connectivity index (χ1n) is 8.25. The van der Waals surface area contributed by atoms with Crippen LogP contribution in [0.3, 0.4) is 0 Å². The molecule has 160 valence electrons. The van der Waals surface area contributed by atoms with Crippen molar-refractivity contribution in [1.29, 1.82) is 0 Å². The van der Waals surface area contributed by atoms with Gasteiger partial charge in [-0.3, -0.25) is 4.79 Å². The molecule has 3 aromatic heterocycles. The van der Waals surface area contributed by atoms with Crippen molar-refractivity contribution in [1.82, 2.24) is 14.9 Å². The Bertz CT molecular complexity index is 1050. The van der Waals surface area contributed by atoms with Gasteiger partial charge in [-0.05, 0) is 19.1 Å². The molecule has 3 rings (SSSR count). The first kappa shape index (κ1) is 21.7. The number of hydrogen-bond donors (Lipinski definition) is 2. The number of anilines is 1. The molecular formula is C16H14F3N5O4S2. The molecule has 0 spiro atoms. The maximum Gasteiger partial charge on any atom is 0.453 e. The first-order valence-corrected chi connectivity index (χ1v) is 10.1. The minimum atomic E-state index is -4.77. The van der Waals surface area contributed by atoms with Crippen molar-refractivity contribution in [2.45, 2.75) is 18.3 Å². The number of nitrogens with one attached hydrogen (secondary N) is 1. The van der Waals surface area contributed by atoms with Gasteiger partial charge < -0.3 is 20.3 Å². The van der Waals surface area contributed by atoms with Crippen LogP contribution in [0.5, 0.6) is 0 Å². The van der Waals surface area contributed by atoms with Crippen LogP contribution in [0.1, 0.15) is 23.1 Å². The summed E-state index contributed by atoms with van der Waals surface area (Å²) in [5.74, 6) is 2.82. The molecule has 0 aliphatic heterocycles. The van der Waals surface area contributed by atoms with Gasteiger partial charge in [0.05, 0.1) is 18.6 Å². The number of aromatic nitrogens is 3. The molecule has 0 unspecified atom stereocenters. The van der Waals surface area contributed by atoms with E-state index in [0.29, 0.717) is 23.1 Å². The molecule has 0 atom stereocenters. The summed E-state index contributed by atoms with van der Waals surface area (Å²) in [6.45, 7) is 1.77. The van der Waals surface area contributed by atoms with Crippen LogP contribution in [0.2, 0.25) is 0 Å². The number of nitrogens with two attached hydrogens (primary N) is 1. The summed E-state index contributed by atoms with van der Waals surface area (Å²) in [4.78, 5) is 24.7. The van der Waals surface area contributed by atoms with Crippen LogP contribution in [0.4, 0.5) is 18.2 Å². The van der Waals surface area contributed by atoms with Crippen LogP contribution < -0.4 is 11.2 Å². The third-order valence-electron chi connectivity index (χ3n) is 3.56. The molecule has 0 saturated carbocycles. The molecule has 14 heteroatoms. The summed E-state index contributed by atoms with van der Waals surface area (Å²) >= 11 is 1.74. The third kappa shape index (κ3) is 4.59. The predicted molar refractivity (Wildman–Crippen MR) is 103 cm³/mol. The second kappa shape index (κ2) is 8.79. The topological polar surface area (TPSA) is 125 Å². The molecule has 3 N–H and O–H groups in total. The lowest BCUT2D eigenvalue weighted by atomic mass is 10.1. The van der Waals surface area contributed by atoms with E-state index in [1.165, 1.54) is 6.26 Å². The third-order valence-corrected chi connectivity index (χ3v) is 5.40. The van der Waals surface area contributed by atoms with E-state index in [4.69, 9.17) is 15.0 Å². The van der Waals surface area contributed by atoms with E-state index in [1.54, 1.807) is 24.4 Å². The van der Waals surface area contributed by atoms with Gasteiger partial charge in [-0.25, -0.2) is 9.47 Å². The van der Waals surface area contributed by atoms with Crippen LogP contribution in [-0.2, 0) is 15.7 Å². The Morgan fingerprint density at radius 2 is 2.17 bits per heavy atom. The van der Waals surface area contributed by atoms with Crippen molar-refractivity contribution in [3.05, 3.63) is 35.2 Å². The summed E-state index contributed by atoms with van der Waals surface area (Å²) < 4.78 is 48.8. The molecule has 9 nitrogen and oxygen atoms in total. The van der Waals surface area contributed by atoms with Crippen molar-refractivity contribution in [3.63, 3.8) is 0 Å². The van der Waals surface area contributed by atoms with E-state index in [0.717, 1.165) is 11.3 Å². The van der Waals surface area contributed by atoms with Gasteiger partial charge in [0.2, 0.25) is 11.1 Å². The Morgan fingerprint density at radius 1 is 1.40 bits per heavy atom. The Kier molecular flexibility index (Phi) is 6.36. The Hall–Kier alpha value is -3.00. The molecule has 3 aromatic rings. The predicted octanol–water partition coefficient (Wildman–Crippen LogP) is 3.24. The van der Waals surface area contributed by atoms with Crippen molar-refractivity contribution in [2.75, 3.05) is 23.5 Å². The van der Waals surface area contributed by atoms with Gasteiger partial charge in [-0.15, -0.1) is 21.5 Å². The highest BCUT2D eigenvalue weighted by molar-refractivity contribution is 7.99. The van der Waals surface area contributed by atoms with Gasteiger partial charge in [0.25, 0.3) is 5.82 Å². The lowest BCUT2D eigenvalue weighted by Crippen LogP contribution is -2.22. The molecule has 3 heterocycles. The van der Waals surface area contributed by atoms with E-state index in [9.17, 15) is 22.8 Å². The maximum absolute atomic E-state index is 12.7. The normalized spacial score (nSPS) is 11.5. The fourth-order valence-corrected chi connectivity index (χ4v) is 3.94. The number of halogens is 3. The minimum absolute atomic E-state index is 0.122. The number of thioether (sulfide) groups is 1. The molecular weight excluding hydrogens is 447 g/mol. The van der Waals surface area contributed by atoms with E-state index < -0.39 is 23.9 Å². The largest absolute Gasteiger partial charge is 0.464 e. The molecule has 30 heavy (non-hydrogen) atoms. The van der Waals surface area contributed by atoms with E-state index in [-0.39, 0.29) is 32.8 Å². The number of ether oxygens (including phenoxy) is 1. The smallest absolute Gasteiger partial charge is 0.453 e. The van der Waals surface area contributed by atoms with Gasteiger partial charge in [-0.2, -0.15) is 13.2 Å². The van der Waals surface area contributed by atoms with Crippen molar-refractivity contribution in [3.8, 4) is 11.3 Å². The minimum Gasteiger partial charge on any atom is -0.464 e. The standard InChI is InChI=1S/C16H14F3N5O4S2/c1-2-27-13(26)11-8(9-4-3-5-28-9)6-29-12(11)21-10(25)7-30-15-23-22-14(24(15)20)16(17,18)19/h3-6H,2,7,20H2,1H3,(H,21,25). The average molecular weight is 461 g/mol. The van der Waals surface area contributed by atoms with Crippen LogP contribution in [0, 0.1) is 0 Å². The Labute approximate surface area is 175 Å². The molecule has 1 amide bonds. The summed E-state index contributed by atoms with van der Waals surface area (Å²) in [5.41, 5.74) is 0.569. The molecule has 0 fully saturated rings. The molecule has 0 radical (unpaired) electrons. The van der Waals surface area contributed by atoms with Crippen LogP contribution in [-0.4, -0.2) is 39.1 Å². The fraction of sp³-hybridized carbons (Fsp3) is 0.250. The first-order chi connectivity index (χ1) is 14.2. The average Bonchev–Trinajstić information content (AvgIpc) is 3.39. The number of carbonyl (C=O) groups excluding carboxylic acids is 2. The number of furan rings is 1. The molecule has 0 aromatic carbocycles. The zero-order chi connectivity index (χ0) is 21.9. The number of nitrogen functional groups attached to an aromatic ring is 1. The summed E-state index contributed by atoms with van der Waals surface area (Å²) in [6, 6.07) is 3.30. The van der Waals surface area contributed by atoms with Gasteiger partial charge in [-0.1, -0.05) is 11.8 Å². The second-order valence-corrected chi connectivity index (χ2v) is 7.38. The summed E-state index contributed by atoms with van der Waals surface area (Å²) in [6.07, 6.45) is -3.33. The van der Waals surface area contributed by atoms with Crippen LogP contribution in [0.15, 0.2) is 33.3 Å². The monoisotopic (exact) mass is 461 g/mol. The zero-order valence-electron chi connectivity index (χ0n) is 15.2. The second-order valence-electron chi connectivity index (χ2n) is 5.56. The lowest BCUT2D eigenvalue weighted by molar-refractivity contribution is -0.146. The van der Waals surface area contributed by atoms with Gasteiger partial charge >= 0.3 is 12.1 Å².